The lowest BCUT2D eigenvalue weighted by molar-refractivity contribution is 0.0972. The maximum absolute atomic E-state index is 12.9. The Balaban J connectivity index is 1.87. The smallest absolute Gasteiger partial charge is 0.284 e. The summed E-state index contributed by atoms with van der Waals surface area (Å²) in [6, 6.07) is 9.61. The Morgan fingerprint density at radius 1 is 1.21 bits per heavy atom. The molecule has 1 amide bonds. The van der Waals surface area contributed by atoms with E-state index in [9.17, 15) is 9.18 Å². The molecule has 1 aromatic heterocycles. The third-order valence-electron chi connectivity index (χ3n) is 3.26. The second kappa shape index (κ2) is 8.71. The molecule has 2 aromatic rings. The van der Waals surface area contributed by atoms with Gasteiger partial charge in [-0.1, -0.05) is 12.1 Å². The topological polar surface area (TPSA) is 92.6 Å². The Morgan fingerprint density at radius 3 is 2.58 bits per heavy atom. The van der Waals surface area contributed by atoms with Crippen molar-refractivity contribution in [3.8, 4) is 0 Å². The SMILES string of the molecule is CCNC(=NCc1ccc(C(N)=O)o1)NCCc1ccc(F)cc1. The fraction of sp³-hybridized carbons (Fsp3) is 0.294. The number of nitrogens with one attached hydrogen (secondary N) is 2. The first kappa shape index (κ1) is 17.5. The molecule has 4 N–H and O–H groups in total. The third kappa shape index (κ3) is 5.42. The molecule has 128 valence electrons. The number of primary amides is 1. The molecule has 0 fully saturated rings. The van der Waals surface area contributed by atoms with Crippen molar-refractivity contribution in [1.29, 1.82) is 0 Å². The van der Waals surface area contributed by atoms with Gasteiger partial charge in [0.2, 0.25) is 0 Å². The number of carbonyl (C=O) groups is 1. The molecule has 2 rings (SSSR count). The number of nitrogens with two attached hydrogens (primary N) is 1. The highest BCUT2D eigenvalue weighted by Gasteiger charge is 2.07. The predicted molar refractivity (Wildman–Crippen MR) is 90.1 cm³/mol. The quantitative estimate of drug-likeness (QED) is 0.532. The number of nitrogens with zero attached hydrogens (tertiary/aromatic N) is 1. The van der Waals surface area contributed by atoms with E-state index in [1.165, 1.54) is 18.2 Å². The number of rotatable bonds is 7. The van der Waals surface area contributed by atoms with Gasteiger partial charge in [0, 0.05) is 13.1 Å². The summed E-state index contributed by atoms with van der Waals surface area (Å²) in [6.45, 7) is 3.63. The van der Waals surface area contributed by atoms with Gasteiger partial charge in [-0.2, -0.15) is 0 Å². The summed E-state index contributed by atoms with van der Waals surface area (Å²) >= 11 is 0. The number of benzene rings is 1. The van der Waals surface area contributed by atoms with Crippen LogP contribution in [0.4, 0.5) is 4.39 Å². The molecule has 0 bridgehead atoms. The van der Waals surface area contributed by atoms with Gasteiger partial charge in [0.1, 0.15) is 18.1 Å². The summed E-state index contributed by atoms with van der Waals surface area (Å²) in [5.74, 6) is 0.468. The van der Waals surface area contributed by atoms with E-state index in [0.29, 0.717) is 31.4 Å². The van der Waals surface area contributed by atoms with Crippen LogP contribution in [-0.2, 0) is 13.0 Å². The van der Waals surface area contributed by atoms with Gasteiger partial charge in [0.15, 0.2) is 11.7 Å². The summed E-state index contributed by atoms with van der Waals surface area (Å²) in [7, 11) is 0. The summed E-state index contributed by atoms with van der Waals surface area (Å²) < 4.78 is 18.2. The van der Waals surface area contributed by atoms with Crippen molar-refractivity contribution in [2.45, 2.75) is 19.9 Å². The fourth-order valence-electron chi connectivity index (χ4n) is 2.07. The molecule has 0 unspecified atom stereocenters. The summed E-state index contributed by atoms with van der Waals surface area (Å²) in [4.78, 5) is 15.4. The number of amides is 1. The summed E-state index contributed by atoms with van der Waals surface area (Å²) in [6.07, 6.45) is 0.747. The van der Waals surface area contributed by atoms with E-state index in [4.69, 9.17) is 10.2 Å². The van der Waals surface area contributed by atoms with Crippen molar-refractivity contribution in [3.05, 3.63) is 59.3 Å². The van der Waals surface area contributed by atoms with Gasteiger partial charge in [0.25, 0.3) is 5.91 Å². The maximum Gasteiger partial charge on any atom is 0.284 e. The number of halogens is 1. The third-order valence-corrected chi connectivity index (χ3v) is 3.26. The van der Waals surface area contributed by atoms with Crippen LogP contribution >= 0.6 is 0 Å². The van der Waals surface area contributed by atoms with E-state index in [-0.39, 0.29) is 11.6 Å². The van der Waals surface area contributed by atoms with E-state index < -0.39 is 5.91 Å². The molecule has 0 aliphatic rings. The van der Waals surface area contributed by atoms with E-state index in [0.717, 1.165) is 12.0 Å². The van der Waals surface area contributed by atoms with Crippen LogP contribution in [0, 0.1) is 5.82 Å². The van der Waals surface area contributed by atoms with Crippen molar-refractivity contribution in [1.82, 2.24) is 10.6 Å². The number of hydrogen-bond acceptors (Lipinski definition) is 3. The fourth-order valence-corrected chi connectivity index (χ4v) is 2.07. The van der Waals surface area contributed by atoms with Gasteiger partial charge in [-0.3, -0.25) is 4.79 Å². The zero-order chi connectivity index (χ0) is 17.4. The molecule has 0 aliphatic carbocycles. The van der Waals surface area contributed by atoms with Crippen LogP contribution in [0.15, 0.2) is 45.8 Å². The van der Waals surface area contributed by atoms with Crippen molar-refractivity contribution in [3.63, 3.8) is 0 Å². The Kier molecular flexibility index (Phi) is 6.36. The highest BCUT2D eigenvalue weighted by atomic mass is 19.1. The lowest BCUT2D eigenvalue weighted by atomic mass is 10.1. The van der Waals surface area contributed by atoms with Gasteiger partial charge in [-0.25, -0.2) is 9.38 Å². The first-order valence-corrected chi connectivity index (χ1v) is 7.73. The maximum atomic E-state index is 12.9. The number of furan rings is 1. The average molecular weight is 332 g/mol. The molecule has 7 heteroatoms. The Bertz CT molecular complexity index is 695. The second-order valence-electron chi connectivity index (χ2n) is 5.13. The molecule has 6 nitrogen and oxygen atoms in total. The summed E-state index contributed by atoms with van der Waals surface area (Å²) in [5.41, 5.74) is 6.18. The molecule has 0 saturated carbocycles. The lowest BCUT2D eigenvalue weighted by Gasteiger charge is -2.11. The Morgan fingerprint density at radius 2 is 1.96 bits per heavy atom. The van der Waals surface area contributed by atoms with Crippen molar-refractivity contribution in [2.75, 3.05) is 13.1 Å². The van der Waals surface area contributed by atoms with Crippen LogP contribution in [0.1, 0.15) is 28.8 Å². The van der Waals surface area contributed by atoms with Gasteiger partial charge in [0.05, 0.1) is 0 Å². The highest BCUT2D eigenvalue weighted by molar-refractivity contribution is 5.89. The predicted octanol–water partition coefficient (Wildman–Crippen LogP) is 1.82. The van der Waals surface area contributed by atoms with Gasteiger partial charge >= 0.3 is 0 Å². The van der Waals surface area contributed by atoms with Crippen LogP contribution in [0.5, 0.6) is 0 Å². The van der Waals surface area contributed by atoms with Crippen LogP contribution in [0.25, 0.3) is 0 Å². The normalized spacial score (nSPS) is 11.3. The minimum atomic E-state index is -0.602. The zero-order valence-corrected chi connectivity index (χ0v) is 13.5. The van der Waals surface area contributed by atoms with E-state index in [1.807, 2.05) is 6.92 Å². The van der Waals surface area contributed by atoms with Gasteiger partial charge in [-0.15, -0.1) is 0 Å². The van der Waals surface area contributed by atoms with Gasteiger partial charge in [-0.05, 0) is 43.2 Å². The number of guanidine groups is 1. The zero-order valence-electron chi connectivity index (χ0n) is 13.5. The molecule has 1 aromatic carbocycles. The molecule has 0 aliphatic heterocycles. The van der Waals surface area contributed by atoms with Crippen molar-refractivity contribution in [2.24, 2.45) is 10.7 Å². The summed E-state index contributed by atoms with van der Waals surface area (Å²) in [5, 5.41) is 6.32. The average Bonchev–Trinajstić information content (AvgIpc) is 3.04. The van der Waals surface area contributed by atoms with E-state index >= 15 is 0 Å². The molecular weight excluding hydrogens is 311 g/mol. The molecule has 0 spiro atoms. The molecule has 1 heterocycles. The van der Waals surface area contributed by atoms with E-state index in [1.54, 1.807) is 18.2 Å². The molecular formula is C17H21FN4O2. The number of carbonyl (C=O) groups excluding carboxylic acids is 1. The minimum absolute atomic E-state index is 0.120. The Labute approximate surface area is 139 Å². The van der Waals surface area contributed by atoms with Crippen LogP contribution < -0.4 is 16.4 Å². The van der Waals surface area contributed by atoms with E-state index in [2.05, 4.69) is 15.6 Å². The lowest BCUT2D eigenvalue weighted by Crippen LogP contribution is -2.38. The van der Waals surface area contributed by atoms with Crippen molar-refractivity contribution >= 4 is 11.9 Å². The first-order valence-electron chi connectivity index (χ1n) is 7.73. The van der Waals surface area contributed by atoms with Gasteiger partial charge < -0.3 is 20.8 Å². The molecule has 0 radical (unpaired) electrons. The minimum Gasteiger partial charge on any atom is -0.454 e. The largest absolute Gasteiger partial charge is 0.454 e. The van der Waals surface area contributed by atoms with Crippen LogP contribution in [0.3, 0.4) is 0 Å². The number of hydrogen-bond donors (Lipinski definition) is 3. The molecule has 0 saturated heterocycles. The number of aliphatic imine (C=N–C) groups is 1. The highest BCUT2D eigenvalue weighted by Crippen LogP contribution is 2.08. The molecule has 24 heavy (non-hydrogen) atoms. The second-order valence-corrected chi connectivity index (χ2v) is 5.13. The molecule has 0 atom stereocenters. The standard InChI is InChI=1S/C17H21FN4O2/c1-2-20-17(21-10-9-12-3-5-13(18)6-4-12)22-11-14-7-8-15(24-14)16(19)23/h3-8H,2,9-11H2,1H3,(H2,19,23)(H2,20,21,22). The van der Waals surface area contributed by atoms with Crippen LogP contribution in [0.2, 0.25) is 0 Å². The first-order chi connectivity index (χ1) is 11.6. The Hall–Kier alpha value is -2.83. The van der Waals surface area contributed by atoms with Crippen LogP contribution in [-0.4, -0.2) is 25.0 Å². The van der Waals surface area contributed by atoms with Crippen molar-refractivity contribution < 1.29 is 13.6 Å². The monoisotopic (exact) mass is 332 g/mol.